The van der Waals surface area contributed by atoms with Gasteiger partial charge in [-0.05, 0) is 5.92 Å². The SMILES string of the molecule is CC(C)/C=C/NC(=O)N1CCN(C=O)CC1. The zero-order valence-electron chi connectivity index (χ0n) is 9.85. The average molecular weight is 225 g/mol. The third-order valence-corrected chi connectivity index (χ3v) is 2.44. The van der Waals surface area contributed by atoms with Gasteiger partial charge in [-0.2, -0.15) is 0 Å². The number of hydrogen-bond acceptors (Lipinski definition) is 2. The van der Waals surface area contributed by atoms with E-state index in [0.717, 1.165) is 6.41 Å². The van der Waals surface area contributed by atoms with Crippen molar-refractivity contribution in [1.29, 1.82) is 0 Å². The van der Waals surface area contributed by atoms with Crippen LogP contribution < -0.4 is 5.32 Å². The maximum Gasteiger partial charge on any atom is 0.321 e. The number of nitrogens with one attached hydrogen (secondary N) is 1. The first kappa shape index (κ1) is 12.5. The molecule has 1 N–H and O–H groups in total. The van der Waals surface area contributed by atoms with Crippen molar-refractivity contribution < 1.29 is 9.59 Å². The molecule has 0 bridgehead atoms. The average Bonchev–Trinajstić information content (AvgIpc) is 2.28. The van der Waals surface area contributed by atoms with Crippen molar-refractivity contribution in [3.8, 4) is 0 Å². The largest absolute Gasteiger partial charge is 0.342 e. The van der Waals surface area contributed by atoms with Crippen molar-refractivity contribution in [1.82, 2.24) is 15.1 Å². The highest BCUT2D eigenvalue weighted by Crippen LogP contribution is 2.00. The van der Waals surface area contributed by atoms with Crippen LogP contribution in [0.2, 0.25) is 0 Å². The number of hydrogen-bond donors (Lipinski definition) is 1. The molecular formula is C11H19N3O2. The van der Waals surface area contributed by atoms with Crippen LogP contribution >= 0.6 is 0 Å². The highest BCUT2D eigenvalue weighted by Gasteiger charge is 2.18. The summed E-state index contributed by atoms with van der Waals surface area (Å²) >= 11 is 0. The van der Waals surface area contributed by atoms with Gasteiger partial charge in [-0.15, -0.1) is 0 Å². The van der Waals surface area contributed by atoms with Gasteiger partial charge in [-0.3, -0.25) is 4.79 Å². The maximum atomic E-state index is 11.6. The molecule has 0 radical (unpaired) electrons. The van der Waals surface area contributed by atoms with E-state index in [1.54, 1.807) is 16.0 Å². The molecule has 1 fully saturated rings. The Morgan fingerprint density at radius 1 is 1.25 bits per heavy atom. The van der Waals surface area contributed by atoms with Crippen LogP contribution in [0.1, 0.15) is 13.8 Å². The minimum atomic E-state index is -0.0950. The summed E-state index contributed by atoms with van der Waals surface area (Å²) in [5.74, 6) is 0.423. The van der Waals surface area contributed by atoms with Crippen molar-refractivity contribution in [2.75, 3.05) is 26.2 Å². The van der Waals surface area contributed by atoms with Crippen LogP contribution in [-0.4, -0.2) is 48.4 Å². The van der Waals surface area contributed by atoms with E-state index in [-0.39, 0.29) is 6.03 Å². The second-order valence-corrected chi connectivity index (χ2v) is 4.18. The zero-order valence-corrected chi connectivity index (χ0v) is 9.85. The molecule has 1 rings (SSSR count). The molecule has 0 aromatic heterocycles. The van der Waals surface area contributed by atoms with Crippen LogP contribution in [0.25, 0.3) is 0 Å². The van der Waals surface area contributed by atoms with Crippen LogP contribution in [-0.2, 0) is 4.79 Å². The van der Waals surface area contributed by atoms with E-state index in [0.29, 0.717) is 32.1 Å². The summed E-state index contributed by atoms with van der Waals surface area (Å²) in [5.41, 5.74) is 0. The van der Waals surface area contributed by atoms with Gasteiger partial charge in [0.15, 0.2) is 0 Å². The summed E-state index contributed by atoms with van der Waals surface area (Å²) in [6.45, 7) is 6.52. The molecule has 5 heteroatoms. The fourth-order valence-corrected chi connectivity index (χ4v) is 1.43. The number of rotatable bonds is 3. The number of carbonyl (C=O) groups is 2. The lowest BCUT2D eigenvalue weighted by Gasteiger charge is -2.32. The first-order chi connectivity index (χ1) is 7.63. The molecule has 0 aromatic carbocycles. The van der Waals surface area contributed by atoms with E-state index in [4.69, 9.17) is 0 Å². The molecule has 0 unspecified atom stereocenters. The predicted molar refractivity (Wildman–Crippen MR) is 61.7 cm³/mol. The Morgan fingerprint density at radius 2 is 1.88 bits per heavy atom. The number of carbonyl (C=O) groups excluding carboxylic acids is 2. The lowest BCUT2D eigenvalue weighted by atomic mass is 10.2. The van der Waals surface area contributed by atoms with Crippen molar-refractivity contribution in [2.24, 2.45) is 5.92 Å². The normalized spacial score (nSPS) is 16.9. The van der Waals surface area contributed by atoms with E-state index in [1.165, 1.54) is 0 Å². The number of allylic oxidation sites excluding steroid dienone is 1. The van der Waals surface area contributed by atoms with Crippen LogP contribution in [0.4, 0.5) is 4.79 Å². The van der Waals surface area contributed by atoms with E-state index >= 15 is 0 Å². The van der Waals surface area contributed by atoms with Gasteiger partial charge in [-0.1, -0.05) is 19.9 Å². The highest BCUT2D eigenvalue weighted by atomic mass is 16.2. The fraction of sp³-hybridized carbons (Fsp3) is 0.636. The minimum Gasteiger partial charge on any atom is -0.342 e. The third-order valence-electron chi connectivity index (χ3n) is 2.44. The highest BCUT2D eigenvalue weighted by molar-refractivity contribution is 5.75. The first-order valence-corrected chi connectivity index (χ1v) is 5.55. The second kappa shape index (κ2) is 6.15. The number of urea groups is 1. The molecule has 0 aromatic rings. The number of piperazine rings is 1. The standard InChI is InChI=1S/C11H19N3O2/c1-10(2)3-4-12-11(16)14-7-5-13(9-15)6-8-14/h3-4,9-10H,5-8H2,1-2H3,(H,12,16)/b4-3+. The minimum absolute atomic E-state index is 0.0950. The quantitative estimate of drug-likeness (QED) is 0.717. The molecule has 3 amide bonds. The topological polar surface area (TPSA) is 52.7 Å². The van der Waals surface area contributed by atoms with E-state index < -0.39 is 0 Å². The second-order valence-electron chi connectivity index (χ2n) is 4.18. The van der Waals surface area contributed by atoms with E-state index in [2.05, 4.69) is 5.32 Å². The van der Waals surface area contributed by atoms with Gasteiger partial charge in [0.05, 0.1) is 0 Å². The van der Waals surface area contributed by atoms with Gasteiger partial charge in [0.2, 0.25) is 6.41 Å². The summed E-state index contributed by atoms with van der Waals surface area (Å²) in [7, 11) is 0. The zero-order chi connectivity index (χ0) is 12.0. The van der Waals surface area contributed by atoms with Gasteiger partial charge in [0.1, 0.15) is 0 Å². The Kier molecular flexibility index (Phi) is 4.82. The Hall–Kier alpha value is -1.52. The molecule has 0 atom stereocenters. The lowest BCUT2D eigenvalue weighted by molar-refractivity contribution is -0.119. The molecule has 1 heterocycles. The molecular weight excluding hydrogens is 206 g/mol. The molecule has 0 saturated carbocycles. The fourth-order valence-electron chi connectivity index (χ4n) is 1.43. The molecule has 16 heavy (non-hydrogen) atoms. The number of amides is 3. The molecule has 0 spiro atoms. The Bertz CT molecular complexity index is 268. The van der Waals surface area contributed by atoms with Crippen LogP contribution in [0.3, 0.4) is 0 Å². The van der Waals surface area contributed by atoms with Crippen molar-refractivity contribution in [3.05, 3.63) is 12.3 Å². The smallest absolute Gasteiger partial charge is 0.321 e. The summed E-state index contributed by atoms with van der Waals surface area (Å²) < 4.78 is 0. The van der Waals surface area contributed by atoms with Crippen molar-refractivity contribution in [2.45, 2.75) is 13.8 Å². The first-order valence-electron chi connectivity index (χ1n) is 5.55. The Balaban J connectivity index is 2.30. The Labute approximate surface area is 96.1 Å². The van der Waals surface area contributed by atoms with Gasteiger partial charge >= 0.3 is 6.03 Å². The third kappa shape index (κ3) is 3.92. The van der Waals surface area contributed by atoms with Gasteiger partial charge < -0.3 is 15.1 Å². The monoisotopic (exact) mass is 225 g/mol. The molecule has 1 aliphatic rings. The molecule has 0 aliphatic carbocycles. The van der Waals surface area contributed by atoms with E-state index in [9.17, 15) is 9.59 Å². The predicted octanol–water partition coefficient (Wildman–Crippen LogP) is 0.640. The van der Waals surface area contributed by atoms with Crippen LogP contribution in [0.15, 0.2) is 12.3 Å². The van der Waals surface area contributed by atoms with E-state index in [1.807, 2.05) is 19.9 Å². The van der Waals surface area contributed by atoms with Gasteiger partial charge in [-0.25, -0.2) is 4.79 Å². The summed E-state index contributed by atoms with van der Waals surface area (Å²) in [5, 5.41) is 2.72. The van der Waals surface area contributed by atoms with Gasteiger partial charge in [0, 0.05) is 32.4 Å². The molecule has 1 saturated heterocycles. The van der Waals surface area contributed by atoms with Crippen molar-refractivity contribution >= 4 is 12.4 Å². The van der Waals surface area contributed by atoms with Crippen LogP contribution in [0, 0.1) is 5.92 Å². The summed E-state index contributed by atoms with van der Waals surface area (Å²) in [6.07, 6.45) is 4.44. The molecule has 5 nitrogen and oxygen atoms in total. The summed E-state index contributed by atoms with van der Waals surface area (Å²) in [6, 6.07) is -0.0950. The molecule has 90 valence electrons. The number of nitrogens with zero attached hydrogens (tertiary/aromatic N) is 2. The Morgan fingerprint density at radius 3 is 2.38 bits per heavy atom. The van der Waals surface area contributed by atoms with Crippen molar-refractivity contribution in [3.63, 3.8) is 0 Å². The molecule has 1 aliphatic heterocycles. The summed E-state index contributed by atoms with van der Waals surface area (Å²) in [4.78, 5) is 25.5. The maximum absolute atomic E-state index is 11.6. The van der Waals surface area contributed by atoms with Crippen LogP contribution in [0.5, 0.6) is 0 Å². The lowest BCUT2D eigenvalue weighted by Crippen LogP contribution is -2.50. The van der Waals surface area contributed by atoms with Gasteiger partial charge in [0.25, 0.3) is 0 Å².